The topological polar surface area (TPSA) is 92.4 Å². The summed E-state index contributed by atoms with van der Waals surface area (Å²) in [4.78, 5) is 4.56. The molecule has 0 radical (unpaired) electrons. The number of nitrogens with zero attached hydrogens (tertiary/aromatic N) is 2. The highest BCUT2D eigenvalue weighted by Gasteiger charge is 2.16. The van der Waals surface area contributed by atoms with Crippen LogP contribution in [0.25, 0.3) is 11.0 Å². The molecule has 3 aromatic rings. The second-order valence-electron chi connectivity index (χ2n) is 5.64. The summed E-state index contributed by atoms with van der Waals surface area (Å²) in [5.41, 5.74) is 2.18. The molecule has 0 aliphatic carbocycles. The minimum atomic E-state index is -3.26. The zero-order valence-electron chi connectivity index (χ0n) is 13.1. The van der Waals surface area contributed by atoms with Gasteiger partial charge in [0.25, 0.3) is 0 Å². The van der Waals surface area contributed by atoms with Gasteiger partial charge in [-0.25, -0.2) is 13.4 Å². The SMILES string of the molecule is CS(=O)(=O)c1ccc([C@H](O)Cn2c(CO)nc3ccccc32)cc1. The summed E-state index contributed by atoms with van der Waals surface area (Å²) in [6.45, 7) is -0.0109. The summed E-state index contributed by atoms with van der Waals surface area (Å²) in [7, 11) is -3.26. The predicted molar refractivity (Wildman–Crippen MR) is 90.2 cm³/mol. The van der Waals surface area contributed by atoms with Crippen LogP contribution in [0, 0.1) is 0 Å². The number of hydrogen-bond donors (Lipinski definition) is 2. The van der Waals surface area contributed by atoms with Crippen molar-refractivity contribution in [3.8, 4) is 0 Å². The van der Waals surface area contributed by atoms with Crippen molar-refractivity contribution < 1.29 is 18.6 Å². The van der Waals surface area contributed by atoms with Gasteiger partial charge in [-0.15, -0.1) is 0 Å². The Balaban J connectivity index is 1.91. The highest BCUT2D eigenvalue weighted by atomic mass is 32.2. The number of fused-ring (bicyclic) bond motifs is 1. The quantitative estimate of drug-likeness (QED) is 0.733. The van der Waals surface area contributed by atoms with E-state index in [2.05, 4.69) is 4.98 Å². The molecule has 0 saturated heterocycles. The van der Waals surface area contributed by atoms with E-state index in [-0.39, 0.29) is 18.0 Å². The van der Waals surface area contributed by atoms with E-state index in [0.29, 0.717) is 11.4 Å². The van der Waals surface area contributed by atoms with E-state index in [1.165, 1.54) is 12.1 Å². The van der Waals surface area contributed by atoms with Crippen molar-refractivity contribution in [2.45, 2.75) is 24.2 Å². The van der Waals surface area contributed by atoms with Crippen molar-refractivity contribution in [3.63, 3.8) is 0 Å². The molecule has 0 unspecified atom stereocenters. The summed E-state index contributed by atoms with van der Waals surface area (Å²) in [5, 5.41) is 20.0. The summed E-state index contributed by atoms with van der Waals surface area (Å²) in [5.74, 6) is 0.475. The van der Waals surface area contributed by atoms with E-state index in [1.807, 2.05) is 24.3 Å². The molecule has 1 atom stereocenters. The number of rotatable bonds is 5. The van der Waals surface area contributed by atoms with E-state index in [0.717, 1.165) is 17.3 Å². The number of aliphatic hydroxyl groups is 2. The Morgan fingerprint density at radius 1 is 1.12 bits per heavy atom. The molecular formula is C17H18N2O4S. The van der Waals surface area contributed by atoms with Gasteiger partial charge in [-0.05, 0) is 29.8 Å². The lowest BCUT2D eigenvalue weighted by atomic mass is 10.1. The molecule has 126 valence electrons. The number of sulfone groups is 1. The van der Waals surface area contributed by atoms with Gasteiger partial charge < -0.3 is 14.8 Å². The van der Waals surface area contributed by atoms with Crippen molar-refractivity contribution >= 4 is 20.9 Å². The maximum atomic E-state index is 11.5. The van der Waals surface area contributed by atoms with Gasteiger partial charge in [-0.1, -0.05) is 24.3 Å². The van der Waals surface area contributed by atoms with E-state index in [9.17, 15) is 18.6 Å². The van der Waals surface area contributed by atoms with Crippen molar-refractivity contribution in [3.05, 3.63) is 59.9 Å². The minimum Gasteiger partial charge on any atom is -0.388 e. The molecule has 0 fully saturated rings. The van der Waals surface area contributed by atoms with Crippen molar-refractivity contribution in [2.75, 3.05) is 6.26 Å². The molecule has 2 N–H and O–H groups in total. The fourth-order valence-corrected chi connectivity index (χ4v) is 3.30. The van der Waals surface area contributed by atoms with Crippen molar-refractivity contribution in [1.82, 2.24) is 9.55 Å². The van der Waals surface area contributed by atoms with Gasteiger partial charge >= 0.3 is 0 Å². The van der Waals surface area contributed by atoms with Gasteiger partial charge in [0.1, 0.15) is 12.4 Å². The van der Waals surface area contributed by atoms with E-state index in [4.69, 9.17) is 0 Å². The summed E-state index contributed by atoms with van der Waals surface area (Å²) in [6.07, 6.45) is 0.297. The normalized spacial score (nSPS) is 13.3. The fraction of sp³-hybridized carbons (Fsp3) is 0.235. The largest absolute Gasteiger partial charge is 0.388 e. The molecule has 0 aliphatic rings. The van der Waals surface area contributed by atoms with E-state index >= 15 is 0 Å². The Labute approximate surface area is 139 Å². The Kier molecular flexibility index (Phi) is 4.40. The predicted octanol–water partition coefficient (Wildman–Crippen LogP) is 1.67. The first-order chi connectivity index (χ1) is 11.4. The van der Waals surface area contributed by atoms with Gasteiger partial charge in [-0.3, -0.25) is 0 Å². The number of para-hydroxylation sites is 2. The van der Waals surface area contributed by atoms with Crippen molar-refractivity contribution in [2.24, 2.45) is 0 Å². The van der Waals surface area contributed by atoms with Crippen LogP contribution in [0.5, 0.6) is 0 Å². The molecular weight excluding hydrogens is 328 g/mol. The molecule has 3 rings (SSSR count). The van der Waals surface area contributed by atoms with Gasteiger partial charge in [0.05, 0.1) is 28.6 Å². The first-order valence-corrected chi connectivity index (χ1v) is 9.32. The third-order valence-electron chi connectivity index (χ3n) is 3.92. The van der Waals surface area contributed by atoms with Crippen LogP contribution in [-0.2, 0) is 23.0 Å². The second-order valence-corrected chi connectivity index (χ2v) is 7.66. The molecule has 6 nitrogen and oxygen atoms in total. The maximum absolute atomic E-state index is 11.5. The average Bonchev–Trinajstić information content (AvgIpc) is 2.92. The van der Waals surface area contributed by atoms with Crippen LogP contribution >= 0.6 is 0 Å². The summed E-state index contributed by atoms with van der Waals surface area (Å²) < 4.78 is 24.8. The van der Waals surface area contributed by atoms with Crippen LogP contribution in [0.2, 0.25) is 0 Å². The number of aromatic nitrogens is 2. The second kappa shape index (κ2) is 6.35. The van der Waals surface area contributed by atoms with Gasteiger partial charge in [0.2, 0.25) is 0 Å². The summed E-state index contributed by atoms with van der Waals surface area (Å²) >= 11 is 0. The Morgan fingerprint density at radius 2 is 1.79 bits per heavy atom. The molecule has 0 spiro atoms. The monoisotopic (exact) mass is 346 g/mol. The number of benzene rings is 2. The lowest BCUT2D eigenvalue weighted by molar-refractivity contribution is 0.153. The van der Waals surface area contributed by atoms with Crippen LogP contribution in [0.15, 0.2) is 53.4 Å². The lowest BCUT2D eigenvalue weighted by Crippen LogP contribution is -2.12. The molecule has 0 bridgehead atoms. The lowest BCUT2D eigenvalue weighted by Gasteiger charge is -2.15. The van der Waals surface area contributed by atoms with Crippen LogP contribution < -0.4 is 0 Å². The van der Waals surface area contributed by atoms with Crippen LogP contribution in [0.1, 0.15) is 17.5 Å². The molecule has 7 heteroatoms. The average molecular weight is 346 g/mol. The van der Waals surface area contributed by atoms with Gasteiger partial charge in [0.15, 0.2) is 9.84 Å². The smallest absolute Gasteiger partial charge is 0.175 e. The standard InChI is InChI=1S/C17H18N2O4S/c1-24(22,23)13-8-6-12(7-9-13)16(21)10-19-15-5-3-2-4-14(15)18-17(19)11-20/h2-9,16,20-21H,10-11H2,1H3/t16-/m1/s1. The van der Waals surface area contributed by atoms with E-state index < -0.39 is 15.9 Å². The summed E-state index contributed by atoms with van der Waals surface area (Å²) in [6, 6.07) is 13.6. The first kappa shape index (κ1) is 16.6. The minimum absolute atomic E-state index is 0.211. The zero-order valence-corrected chi connectivity index (χ0v) is 13.9. The molecule has 24 heavy (non-hydrogen) atoms. The van der Waals surface area contributed by atoms with Crippen LogP contribution in [0.3, 0.4) is 0 Å². The highest BCUT2D eigenvalue weighted by molar-refractivity contribution is 7.90. The molecule has 1 heterocycles. The van der Waals surface area contributed by atoms with Crippen LogP contribution in [0.4, 0.5) is 0 Å². The molecule has 0 saturated carbocycles. The molecule has 1 aromatic heterocycles. The van der Waals surface area contributed by atoms with Crippen molar-refractivity contribution in [1.29, 1.82) is 0 Å². The number of imidazole rings is 1. The third-order valence-corrected chi connectivity index (χ3v) is 5.05. The Morgan fingerprint density at radius 3 is 2.42 bits per heavy atom. The van der Waals surface area contributed by atoms with E-state index in [1.54, 1.807) is 16.7 Å². The number of hydrogen-bond acceptors (Lipinski definition) is 5. The fourth-order valence-electron chi connectivity index (χ4n) is 2.67. The molecule has 2 aromatic carbocycles. The number of aliphatic hydroxyl groups excluding tert-OH is 2. The molecule has 0 amide bonds. The Hall–Kier alpha value is -2.22. The third kappa shape index (κ3) is 3.19. The maximum Gasteiger partial charge on any atom is 0.175 e. The zero-order chi connectivity index (χ0) is 17.3. The highest BCUT2D eigenvalue weighted by Crippen LogP contribution is 2.22. The van der Waals surface area contributed by atoms with Crippen LogP contribution in [-0.4, -0.2) is 34.4 Å². The molecule has 0 aliphatic heterocycles. The van der Waals surface area contributed by atoms with Gasteiger partial charge in [-0.2, -0.15) is 0 Å². The van der Waals surface area contributed by atoms with Gasteiger partial charge in [0, 0.05) is 6.26 Å². The first-order valence-electron chi connectivity index (χ1n) is 7.43. The Bertz CT molecular complexity index is 962.